The molecule has 1 fully saturated rings. The van der Waals surface area contributed by atoms with Gasteiger partial charge in [-0.1, -0.05) is 12.8 Å². The Morgan fingerprint density at radius 2 is 1.96 bits per heavy atom. The van der Waals surface area contributed by atoms with Gasteiger partial charge in [-0.05, 0) is 36.6 Å². The molecule has 0 spiro atoms. The van der Waals surface area contributed by atoms with Crippen LogP contribution in [0, 0.1) is 0 Å². The minimum absolute atomic E-state index is 0. The van der Waals surface area contributed by atoms with Gasteiger partial charge in [0.2, 0.25) is 0 Å². The van der Waals surface area contributed by atoms with Crippen LogP contribution in [0.5, 0.6) is 0 Å². The van der Waals surface area contributed by atoms with E-state index in [0.29, 0.717) is 12.5 Å². The monoisotopic (exact) mass is 426 g/mol. The zero-order valence-electron chi connectivity index (χ0n) is 13.1. The number of aliphatic imine (C=N–C) groups is 1. The molecule has 7 heteroatoms. The first-order valence-electron chi connectivity index (χ1n) is 7.83. The number of nitrogens with two attached hydrogens (primary N) is 1. The fraction of sp³-hybridized carbons (Fsp3) is 0.438. The number of aromatic nitrogens is 3. The van der Waals surface area contributed by atoms with E-state index in [4.69, 9.17) is 5.73 Å². The van der Waals surface area contributed by atoms with Gasteiger partial charge in [0.05, 0.1) is 6.54 Å². The number of hydrogen-bond donors (Lipinski definition) is 1. The number of likely N-dealkylation sites (tertiary alicyclic amines) is 1. The van der Waals surface area contributed by atoms with Gasteiger partial charge >= 0.3 is 0 Å². The lowest BCUT2D eigenvalue weighted by molar-refractivity contribution is 0.428. The van der Waals surface area contributed by atoms with Gasteiger partial charge in [0, 0.05) is 31.7 Å². The first-order valence-corrected chi connectivity index (χ1v) is 7.83. The molecule has 0 amide bonds. The van der Waals surface area contributed by atoms with Crippen molar-refractivity contribution in [3.8, 4) is 5.82 Å². The number of hydrogen-bond acceptors (Lipinski definition) is 3. The number of nitrogens with zero attached hydrogens (tertiary/aromatic N) is 5. The van der Waals surface area contributed by atoms with Crippen molar-refractivity contribution in [1.29, 1.82) is 0 Å². The quantitative estimate of drug-likeness (QED) is 0.465. The highest BCUT2D eigenvalue weighted by molar-refractivity contribution is 14.0. The summed E-state index contributed by atoms with van der Waals surface area (Å²) < 4.78 is 1.74. The molecule has 3 rings (SSSR count). The topological polar surface area (TPSA) is 72.3 Å². The lowest BCUT2D eigenvalue weighted by Crippen LogP contribution is -2.38. The summed E-state index contributed by atoms with van der Waals surface area (Å²) in [5, 5.41) is 4.19. The Bertz CT molecular complexity index is 617. The van der Waals surface area contributed by atoms with Gasteiger partial charge in [-0.25, -0.2) is 14.7 Å². The Morgan fingerprint density at radius 3 is 2.65 bits per heavy atom. The van der Waals surface area contributed by atoms with Crippen LogP contribution >= 0.6 is 24.0 Å². The molecule has 0 aromatic carbocycles. The Morgan fingerprint density at radius 1 is 1.17 bits per heavy atom. The van der Waals surface area contributed by atoms with Crippen LogP contribution in [0.25, 0.3) is 5.82 Å². The van der Waals surface area contributed by atoms with Crippen molar-refractivity contribution < 1.29 is 0 Å². The lowest BCUT2D eigenvalue weighted by atomic mass is 10.2. The van der Waals surface area contributed by atoms with Gasteiger partial charge in [0.25, 0.3) is 0 Å². The van der Waals surface area contributed by atoms with Crippen LogP contribution in [0.4, 0.5) is 0 Å². The molecular weight excluding hydrogens is 403 g/mol. The Kier molecular flexibility index (Phi) is 6.82. The van der Waals surface area contributed by atoms with E-state index < -0.39 is 0 Å². The molecule has 0 bridgehead atoms. The molecule has 124 valence electrons. The molecule has 1 saturated heterocycles. The minimum Gasteiger partial charge on any atom is -0.370 e. The maximum Gasteiger partial charge on any atom is 0.191 e. The highest BCUT2D eigenvalue weighted by Gasteiger charge is 2.10. The largest absolute Gasteiger partial charge is 0.370 e. The second-order valence-corrected chi connectivity index (χ2v) is 5.55. The smallest absolute Gasteiger partial charge is 0.191 e. The highest BCUT2D eigenvalue weighted by Crippen LogP contribution is 2.10. The fourth-order valence-electron chi connectivity index (χ4n) is 2.66. The molecular formula is C16H23IN6. The summed E-state index contributed by atoms with van der Waals surface area (Å²) in [4.78, 5) is 11.1. The average Bonchev–Trinajstić information content (AvgIpc) is 2.95. The summed E-state index contributed by atoms with van der Waals surface area (Å²) in [5.74, 6) is 1.45. The van der Waals surface area contributed by atoms with Gasteiger partial charge in [-0.3, -0.25) is 0 Å². The summed E-state index contributed by atoms with van der Waals surface area (Å²) in [6, 6.07) is 5.84. The number of guanidine groups is 1. The fourth-order valence-corrected chi connectivity index (χ4v) is 2.66. The molecule has 0 unspecified atom stereocenters. The molecule has 0 radical (unpaired) electrons. The summed E-state index contributed by atoms with van der Waals surface area (Å²) in [6.45, 7) is 2.60. The summed E-state index contributed by atoms with van der Waals surface area (Å²) in [5.41, 5.74) is 7.22. The van der Waals surface area contributed by atoms with Crippen molar-refractivity contribution in [3.63, 3.8) is 0 Å². The van der Waals surface area contributed by atoms with Crippen LogP contribution < -0.4 is 5.73 Å². The predicted molar refractivity (Wildman–Crippen MR) is 102 cm³/mol. The van der Waals surface area contributed by atoms with Crippen LogP contribution in [-0.2, 0) is 6.54 Å². The third-order valence-electron chi connectivity index (χ3n) is 3.90. The number of pyridine rings is 1. The normalized spacial score (nSPS) is 15.8. The van der Waals surface area contributed by atoms with E-state index in [2.05, 4.69) is 20.0 Å². The molecule has 1 aliphatic rings. The third kappa shape index (κ3) is 4.92. The van der Waals surface area contributed by atoms with Gasteiger partial charge in [-0.15, -0.1) is 24.0 Å². The first-order chi connectivity index (χ1) is 10.8. The lowest BCUT2D eigenvalue weighted by Gasteiger charge is -2.21. The van der Waals surface area contributed by atoms with E-state index in [1.54, 1.807) is 17.1 Å². The second kappa shape index (κ2) is 8.85. The Hall–Kier alpha value is -1.64. The van der Waals surface area contributed by atoms with Crippen molar-refractivity contribution in [3.05, 3.63) is 42.4 Å². The molecule has 0 aliphatic carbocycles. The zero-order valence-corrected chi connectivity index (χ0v) is 15.5. The maximum atomic E-state index is 6.14. The predicted octanol–water partition coefficient (Wildman–Crippen LogP) is 2.58. The summed E-state index contributed by atoms with van der Waals surface area (Å²) >= 11 is 0. The standard InChI is InChI=1S/C16H22N6.HI/c17-16(21-9-3-1-2-4-10-21)19-13-14-6-8-18-15(12-14)22-11-5-7-20-22;/h5-8,11-12H,1-4,9-10,13H2,(H2,17,19);1H. The second-order valence-electron chi connectivity index (χ2n) is 5.55. The van der Waals surface area contributed by atoms with Crippen LogP contribution in [0.3, 0.4) is 0 Å². The molecule has 1 aliphatic heterocycles. The van der Waals surface area contributed by atoms with Crippen molar-refractivity contribution in [1.82, 2.24) is 19.7 Å². The van der Waals surface area contributed by atoms with Crippen molar-refractivity contribution >= 4 is 29.9 Å². The van der Waals surface area contributed by atoms with Crippen molar-refractivity contribution in [2.24, 2.45) is 10.7 Å². The van der Waals surface area contributed by atoms with Crippen LogP contribution in [0.1, 0.15) is 31.2 Å². The minimum atomic E-state index is 0. The van der Waals surface area contributed by atoms with Crippen LogP contribution in [0.2, 0.25) is 0 Å². The van der Waals surface area contributed by atoms with Gasteiger partial charge in [-0.2, -0.15) is 5.10 Å². The Labute approximate surface area is 153 Å². The molecule has 23 heavy (non-hydrogen) atoms. The average molecular weight is 426 g/mol. The molecule has 6 nitrogen and oxygen atoms in total. The molecule has 2 aromatic rings. The number of rotatable bonds is 3. The van der Waals surface area contributed by atoms with Gasteiger partial charge in [0.15, 0.2) is 11.8 Å². The van der Waals surface area contributed by atoms with Gasteiger partial charge < -0.3 is 10.6 Å². The number of halogens is 1. The van der Waals surface area contributed by atoms with E-state index in [1.165, 1.54) is 25.7 Å². The summed E-state index contributed by atoms with van der Waals surface area (Å²) in [7, 11) is 0. The zero-order chi connectivity index (χ0) is 15.2. The van der Waals surface area contributed by atoms with Crippen LogP contribution in [-0.4, -0.2) is 38.7 Å². The van der Waals surface area contributed by atoms with Crippen molar-refractivity contribution in [2.45, 2.75) is 32.2 Å². The third-order valence-corrected chi connectivity index (χ3v) is 3.90. The highest BCUT2D eigenvalue weighted by atomic mass is 127. The van der Waals surface area contributed by atoms with E-state index in [0.717, 1.165) is 24.5 Å². The van der Waals surface area contributed by atoms with E-state index in [1.807, 2.05) is 24.4 Å². The summed E-state index contributed by atoms with van der Waals surface area (Å²) in [6.07, 6.45) is 10.4. The van der Waals surface area contributed by atoms with Gasteiger partial charge in [0.1, 0.15) is 0 Å². The molecule has 2 aromatic heterocycles. The SMILES string of the molecule is I.NC(=NCc1ccnc(-n2cccn2)c1)N1CCCCCC1. The van der Waals surface area contributed by atoms with E-state index in [-0.39, 0.29) is 24.0 Å². The van der Waals surface area contributed by atoms with E-state index in [9.17, 15) is 0 Å². The maximum absolute atomic E-state index is 6.14. The Balaban J connectivity index is 0.00000192. The molecule has 2 N–H and O–H groups in total. The first kappa shape index (κ1) is 17.7. The molecule has 0 saturated carbocycles. The molecule has 3 heterocycles. The van der Waals surface area contributed by atoms with E-state index >= 15 is 0 Å². The van der Waals surface area contributed by atoms with Crippen LogP contribution in [0.15, 0.2) is 41.8 Å². The van der Waals surface area contributed by atoms with Crippen molar-refractivity contribution in [2.75, 3.05) is 13.1 Å². The molecule has 0 atom stereocenters.